The first kappa shape index (κ1) is 12.9. The SMILES string of the molecule is O=S(=O)([O-])c1ccc(I)cc1.[Na+]. The Morgan fingerprint density at radius 2 is 1.58 bits per heavy atom. The second-order valence-corrected chi connectivity index (χ2v) is 4.53. The summed E-state index contributed by atoms with van der Waals surface area (Å²) in [6.45, 7) is 0. The zero-order chi connectivity index (χ0) is 8.48. The number of hydrogen-bond donors (Lipinski definition) is 0. The molecule has 1 aromatic carbocycles. The van der Waals surface area contributed by atoms with Crippen LogP contribution in [0, 0.1) is 3.57 Å². The van der Waals surface area contributed by atoms with E-state index < -0.39 is 10.1 Å². The van der Waals surface area contributed by atoms with Gasteiger partial charge in [-0.1, -0.05) is 0 Å². The molecule has 60 valence electrons. The molecular formula is C6H4INaO3S. The average molecular weight is 306 g/mol. The van der Waals surface area contributed by atoms with Gasteiger partial charge in [0, 0.05) is 3.57 Å². The van der Waals surface area contributed by atoms with Crippen molar-refractivity contribution in [3.63, 3.8) is 0 Å². The second kappa shape index (κ2) is 4.92. The summed E-state index contributed by atoms with van der Waals surface area (Å²) >= 11 is 2.03. The quantitative estimate of drug-likeness (QED) is 0.349. The van der Waals surface area contributed by atoms with Crippen LogP contribution in [0.25, 0.3) is 0 Å². The van der Waals surface area contributed by atoms with Gasteiger partial charge in [-0.25, -0.2) is 8.42 Å². The maximum atomic E-state index is 10.4. The van der Waals surface area contributed by atoms with Crippen LogP contribution in [0.4, 0.5) is 0 Å². The first-order chi connectivity index (χ1) is 5.00. The van der Waals surface area contributed by atoms with Crippen LogP contribution in [-0.2, 0) is 10.1 Å². The zero-order valence-corrected chi connectivity index (χ0v) is 11.3. The third-order valence-corrected chi connectivity index (χ3v) is 2.67. The van der Waals surface area contributed by atoms with Gasteiger partial charge in [0.25, 0.3) is 0 Å². The van der Waals surface area contributed by atoms with Gasteiger partial charge in [-0.2, -0.15) is 0 Å². The molecule has 0 aliphatic carbocycles. The van der Waals surface area contributed by atoms with Crippen LogP contribution < -0.4 is 29.6 Å². The predicted octanol–water partition coefficient (Wildman–Crippen LogP) is -1.80. The van der Waals surface area contributed by atoms with Gasteiger partial charge in [-0.15, -0.1) is 0 Å². The fourth-order valence-electron chi connectivity index (χ4n) is 0.601. The van der Waals surface area contributed by atoms with E-state index in [1.807, 2.05) is 22.6 Å². The summed E-state index contributed by atoms with van der Waals surface area (Å²) in [5, 5.41) is 0. The molecule has 0 bridgehead atoms. The number of halogens is 1. The molecule has 0 saturated heterocycles. The Labute approximate surface area is 107 Å². The van der Waals surface area contributed by atoms with Gasteiger partial charge in [0.05, 0.1) is 4.90 Å². The van der Waals surface area contributed by atoms with Crippen molar-refractivity contribution in [3.8, 4) is 0 Å². The Kier molecular flexibility index (Phi) is 5.27. The molecule has 0 unspecified atom stereocenters. The van der Waals surface area contributed by atoms with Crippen molar-refractivity contribution < 1.29 is 42.5 Å². The summed E-state index contributed by atoms with van der Waals surface area (Å²) in [6, 6.07) is 5.74. The van der Waals surface area contributed by atoms with Crippen molar-refractivity contribution in [2.24, 2.45) is 0 Å². The Morgan fingerprint density at radius 1 is 1.17 bits per heavy atom. The van der Waals surface area contributed by atoms with Crippen LogP contribution in [0.5, 0.6) is 0 Å². The van der Waals surface area contributed by atoms with Crippen molar-refractivity contribution in [3.05, 3.63) is 27.8 Å². The smallest absolute Gasteiger partial charge is 0.744 e. The summed E-state index contributed by atoms with van der Waals surface area (Å²) < 4.78 is 32.1. The first-order valence-electron chi connectivity index (χ1n) is 2.71. The monoisotopic (exact) mass is 306 g/mol. The van der Waals surface area contributed by atoms with Crippen LogP contribution >= 0.6 is 22.6 Å². The van der Waals surface area contributed by atoms with Gasteiger partial charge in [0.2, 0.25) is 0 Å². The van der Waals surface area contributed by atoms with E-state index in [1.54, 1.807) is 12.1 Å². The maximum Gasteiger partial charge on any atom is 1.00 e. The van der Waals surface area contributed by atoms with Gasteiger partial charge in [-0.3, -0.25) is 0 Å². The zero-order valence-electron chi connectivity index (χ0n) is 6.32. The van der Waals surface area contributed by atoms with E-state index >= 15 is 0 Å². The molecule has 0 atom stereocenters. The number of rotatable bonds is 1. The van der Waals surface area contributed by atoms with E-state index in [1.165, 1.54) is 12.1 Å². The van der Waals surface area contributed by atoms with E-state index in [-0.39, 0.29) is 34.5 Å². The third-order valence-electron chi connectivity index (χ3n) is 1.10. The van der Waals surface area contributed by atoms with Crippen molar-refractivity contribution in [2.45, 2.75) is 4.90 Å². The third kappa shape index (κ3) is 3.71. The summed E-state index contributed by atoms with van der Waals surface area (Å²) in [5.41, 5.74) is 0. The van der Waals surface area contributed by atoms with E-state index in [4.69, 9.17) is 0 Å². The van der Waals surface area contributed by atoms with Gasteiger partial charge < -0.3 is 4.55 Å². The predicted molar refractivity (Wildman–Crippen MR) is 47.1 cm³/mol. The number of benzene rings is 1. The van der Waals surface area contributed by atoms with Crippen LogP contribution in [0.3, 0.4) is 0 Å². The molecule has 1 aromatic rings. The van der Waals surface area contributed by atoms with Crippen LogP contribution in [0.15, 0.2) is 29.2 Å². The molecule has 0 aromatic heterocycles. The minimum atomic E-state index is -4.27. The largest absolute Gasteiger partial charge is 1.00 e. The van der Waals surface area contributed by atoms with E-state index in [9.17, 15) is 13.0 Å². The minimum Gasteiger partial charge on any atom is -0.744 e. The molecule has 12 heavy (non-hydrogen) atoms. The Morgan fingerprint density at radius 3 is 1.92 bits per heavy atom. The Balaban J connectivity index is 0.00000121. The molecule has 0 spiro atoms. The average Bonchev–Trinajstić information content (AvgIpc) is 1.86. The molecule has 0 heterocycles. The van der Waals surface area contributed by atoms with Crippen molar-refractivity contribution in [1.82, 2.24) is 0 Å². The van der Waals surface area contributed by atoms with Gasteiger partial charge in [0.15, 0.2) is 0 Å². The number of hydrogen-bond acceptors (Lipinski definition) is 3. The van der Waals surface area contributed by atoms with Crippen molar-refractivity contribution >= 4 is 32.7 Å². The molecule has 0 radical (unpaired) electrons. The molecule has 0 saturated carbocycles. The molecule has 1 rings (SSSR count). The summed E-state index contributed by atoms with van der Waals surface area (Å²) in [7, 11) is -4.27. The molecule has 6 heteroatoms. The molecule has 0 N–H and O–H groups in total. The second-order valence-electron chi connectivity index (χ2n) is 1.91. The summed E-state index contributed by atoms with van der Waals surface area (Å²) in [6.07, 6.45) is 0. The summed E-state index contributed by atoms with van der Waals surface area (Å²) in [4.78, 5) is -0.182. The molecular weight excluding hydrogens is 302 g/mol. The maximum absolute atomic E-state index is 10.4. The van der Waals surface area contributed by atoms with Crippen molar-refractivity contribution in [1.29, 1.82) is 0 Å². The molecule has 3 nitrogen and oxygen atoms in total. The van der Waals surface area contributed by atoms with E-state index in [0.29, 0.717) is 0 Å². The van der Waals surface area contributed by atoms with Crippen LogP contribution in [-0.4, -0.2) is 13.0 Å². The molecule has 0 aliphatic rings. The molecule has 0 amide bonds. The van der Waals surface area contributed by atoms with Gasteiger partial charge in [0.1, 0.15) is 10.1 Å². The van der Waals surface area contributed by atoms with Crippen LogP contribution in [0.1, 0.15) is 0 Å². The van der Waals surface area contributed by atoms with Gasteiger partial charge >= 0.3 is 29.6 Å². The fourth-order valence-corrected chi connectivity index (χ4v) is 1.43. The van der Waals surface area contributed by atoms with E-state index in [2.05, 4.69) is 0 Å². The summed E-state index contributed by atoms with van der Waals surface area (Å²) in [5.74, 6) is 0. The Bertz CT molecular complexity index is 346. The minimum absolute atomic E-state index is 0. The fraction of sp³-hybridized carbons (Fsp3) is 0. The topological polar surface area (TPSA) is 57.2 Å². The molecule has 0 fully saturated rings. The standard InChI is InChI=1S/C6H5IO3S.Na/c7-5-1-3-6(4-2-5)11(8,9)10;/h1-4H,(H,8,9,10);/q;+1/p-1. The molecule has 0 aliphatic heterocycles. The Hall–Kier alpha value is 0.860. The van der Waals surface area contributed by atoms with Crippen molar-refractivity contribution in [2.75, 3.05) is 0 Å². The van der Waals surface area contributed by atoms with Crippen LogP contribution in [0.2, 0.25) is 0 Å². The first-order valence-corrected chi connectivity index (χ1v) is 5.20. The van der Waals surface area contributed by atoms with E-state index in [0.717, 1.165) is 3.57 Å². The van der Waals surface area contributed by atoms with Gasteiger partial charge in [-0.05, 0) is 46.9 Å². The normalized spacial score (nSPS) is 10.5.